The molecule has 0 spiro atoms. The van der Waals surface area contributed by atoms with Crippen LogP contribution in [-0.4, -0.2) is 45.6 Å². The number of carbonyl (C=O) groups is 1. The van der Waals surface area contributed by atoms with Crippen LogP contribution in [0.15, 0.2) is 89.9 Å². The molecular weight excluding hydrogens is 532 g/mol. The molecule has 0 atom stereocenters. The summed E-state index contributed by atoms with van der Waals surface area (Å²) in [6.07, 6.45) is 2.42. The molecule has 0 aliphatic carbocycles. The number of carbonyl (C=O) groups excluding carboxylic acids is 1. The summed E-state index contributed by atoms with van der Waals surface area (Å²) >= 11 is 0. The van der Waals surface area contributed by atoms with Gasteiger partial charge in [0.05, 0.1) is 29.9 Å². The fraction of sp³-hybridized carbons (Fsp3) is 0.188. The number of para-hydroxylation sites is 1. The average molecular weight is 565 g/mol. The number of aromatic nitrogens is 4. The molecule has 0 bridgehead atoms. The second-order valence-corrected chi connectivity index (χ2v) is 9.68. The van der Waals surface area contributed by atoms with Crippen molar-refractivity contribution in [2.75, 3.05) is 31.4 Å². The summed E-state index contributed by atoms with van der Waals surface area (Å²) in [7, 11) is 3.42. The summed E-state index contributed by atoms with van der Waals surface area (Å²) in [5, 5.41) is 2.84. The van der Waals surface area contributed by atoms with Gasteiger partial charge < -0.3 is 20.5 Å². The summed E-state index contributed by atoms with van der Waals surface area (Å²) < 4.78 is 14.0. The Balaban J connectivity index is 1.34. The number of hydrogen-bond donors (Lipinski definition) is 2. The van der Waals surface area contributed by atoms with Crippen LogP contribution in [0.25, 0.3) is 28.2 Å². The van der Waals surface area contributed by atoms with Gasteiger partial charge in [0, 0.05) is 44.0 Å². The van der Waals surface area contributed by atoms with Gasteiger partial charge in [-0.15, -0.1) is 0 Å². The van der Waals surface area contributed by atoms with Crippen LogP contribution >= 0.6 is 0 Å². The molecule has 5 rings (SSSR count). The normalized spacial score (nSPS) is 10.9. The first kappa shape index (κ1) is 28.3. The Kier molecular flexibility index (Phi) is 8.44. The SMILES string of the molecule is COCCCOc1cccc(-c2cnc(N)c(-c3ccc(NC(=O)c4c(C)n(C)n(-c5ccccc5)c4=O)cc3)n2)c1. The molecule has 42 heavy (non-hydrogen) atoms. The number of nitrogens with one attached hydrogen (secondary N) is 1. The lowest BCUT2D eigenvalue weighted by atomic mass is 10.1. The summed E-state index contributed by atoms with van der Waals surface area (Å²) in [6, 6.07) is 23.9. The van der Waals surface area contributed by atoms with E-state index in [1.54, 1.807) is 56.2 Å². The van der Waals surface area contributed by atoms with Crippen molar-refractivity contribution in [3.8, 4) is 34.0 Å². The van der Waals surface area contributed by atoms with E-state index in [0.29, 0.717) is 41.7 Å². The van der Waals surface area contributed by atoms with Crippen molar-refractivity contribution in [2.45, 2.75) is 13.3 Å². The lowest BCUT2D eigenvalue weighted by Crippen LogP contribution is -2.25. The van der Waals surface area contributed by atoms with Crippen molar-refractivity contribution in [2.24, 2.45) is 7.05 Å². The highest BCUT2D eigenvalue weighted by atomic mass is 16.5. The minimum absolute atomic E-state index is 0.0816. The number of nitrogens with two attached hydrogens (primary N) is 1. The first-order valence-corrected chi connectivity index (χ1v) is 13.5. The van der Waals surface area contributed by atoms with E-state index >= 15 is 0 Å². The lowest BCUT2D eigenvalue weighted by molar-refractivity contribution is 0.102. The van der Waals surface area contributed by atoms with Gasteiger partial charge in [0.15, 0.2) is 0 Å². The molecule has 0 aliphatic rings. The van der Waals surface area contributed by atoms with Crippen molar-refractivity contribution in [3.05, 3.63) is 107 Å². The van der Waals surface area contributed by atoms with E-state index in [2.05, 4.69) is 10.3 Å². The topological polar surface area (TPSA) is 126 Å². The van der Waals surface area contributed by atoms with Crippen LogP contribution in [0, 0.1) is 6.92 Å². The van der Waals surface area contributed by atoms with Crippen molar-refractivity contribution in [3.63, 3.8) is 0 Å². The van der Waals surface area contributed by atoms with E-state index in [0.717, 1.165) is 23.3 Å². The third-order valence-corrected chi connectivity index (χ3v) is 6.89. The standard InChI is InChI=1S/C32H32N6O4/c1-21-28(32(40)38(37(21)2)25-10-5-4-6-11-25)31(39)35-24-15-13-22(14-16-24)29-30(33)34-20-27(36-29)23-9-7-12-26(19-23)42-18-8-17-41-3/h4-7,9-16,19-20H,8,17-18H2,1-3H3,(H2,33,34)(H,35,39). The van der Waals surface area contributed by atoms with E-state index in [-0.39, 0.29) is 16.9 Å². The molecule has 0 fully saturated rings. The van der Waals surface area contributed by atoms with Gasteiger partial charge in [0.25, 0.3) is 11.5 Å². The molecule has 0 saturated carbocycles. The van der Waals surface area contributed by atoms with Crippen molar-refractivity contribution < 1.29 is 14.3 Å². The smallest absolute Gasteiger partial charge is 0.284 e. The average Bonchev–Trinajstić information content (AvgIpc) is 3.23. The Bertz CT molecular complexity index is 1760. The molecule has 0 radical (unpaired) electrons. The second-order valence-electron chi connectivity index (χ2n) is 9.68. The second kappa shape index (κ2) is 12.5. The van der Waals surface area contributed by atoms with Gasteiger partial charge in [0.2, 0.25) is 0 Å². The van der Waals surface area contributed by atoms with Crippen LogP contribution in [0.1, 0.15) is 22.5 Å². The van der Waals surface area contributed by atoms with Crippen LogP contribution in [0.5, 0.6) is 5.75 Å². The largest absolute Gasteiger partial charge is 0.493 e. The van der Waals surface area contributed by atoms with Crippen molar-refractivity contribution in [1.29, 1.82) is 0 Å². The van der Waals surface area contributed by atoms with E-state index in [1.165, 1.54) is 4.68 Å². The highest BCUT2D eigenvalue weighted by Crippen LogP contribution is 2.28. The minimum Gasteiger partial charge on any atom is -0.493 e. The Morgan fingerprint density at radius 3 is 2.48 bits per heavy atom. The molecule has 0 unspecified atom stereocenters. The quantitative estimate of drug-likeness (QED) is 0.232. The molecule has 5 aromatic rings. The number of hydrogen-bond acceptors (Lipinski definition) is 7. The van der Waals surface area contributed by atoms with Gasteiger partial charge in [-0.2, -0.15) is 0 Å². The number of ether oxygens (including phenoxy) is 2. The molecule has 0 saturated heterocycles. The predicted molar refractivity (Wildman–Crippen MR) is 163 cm³/mol. The number of methoxy groups -OCH3 is 1. The summed E-state index contributed by atoms with van der Waals surface area (Å²) in [5.41, 5.74) is 10.4. The first-order chi connectivity index (χ1) is 20.4. The van der Waals surface area contributed by atoms with Gasteiger partial charge >= 0.3 is 0 Å². The Labute approximate surface area is 243 Å². The maximum atomic E-state index is 13.2. The molecule has 3 aromatic carbocycles. The zero-order valence-electron chi connectivity index (χ0n) is 23.7. The molecule has 2 heterocycles. The third kappa shape index (κ3) is 5.93. The van der Waals surface area contributed by atoms with Gasteiger partial charge in [-0.1, -0.05) is 42.5 Å². The van der Waals surface area contributed by atoms with Gasteiger partial charge in [-0.25, -0.2) is 14.6 Å². The number of rotatable bonds is 10. The van der Waals surface area contributed by atoms with Crippen LogP contribution in [0.4, 0.5) is 11.5 Å². The fourth-order valence-electron chi connectivity index (χ4n) is 4.62. The highest BCUT2D eigenvalue weighted by Gasteiger charge is 2.22. The van der Waals surface area contributed by atoms with E-state index in [4.69, 9.17) is 20.2 Å². The van der Waals surface area contributed by atoms with E-state index in [9.17, 15) is 9.59 Å². The fourth-order valence-corrected chi connectivity index (χ4v) is 4.62. The summed E-state index contributed by atoms with van der Waals surface area (Å²) in [5.74, 6) is 0.526. The third-order valence-electron chi connectivity index (χ3n) is 6.89. The van der Waals surface area contributed by atoms with Crippen molar-refractivity contribution >= 4 is 17.4 Å². The number of amides is 1. The van der Waals surface area contributed by atoms with E-state index < -0.39 is 5.91 Å². The number of benzene rings is 3. The molecule has 1 amide bonds. The first-order valence-electron chi connectivity index (χ1n) is 13.5. The van der Waals surface area contributed by atoms with Crippen LogP contribution in [-0.2, 0) is 11.8 Å². The van der Waals surface area contributed by atoms with Gasteiger partial charge in [0.1, 0.15) is 22.8 Å². The van der Waals surface area contributed by atoms with Crippen LogP contribution in [0.2, 0.25) is 0 Å². The Hall–Kier alpha value is -5.22. The summed E-state index contributed by atoms with van der Waals surface area (Å²) in [6.45, 7) is 2.93. The number of nitrogens with zero attached hydrogens (tertiary/aromatic N) is 4. The molecular formula is C32H32N6O4. The molecule has 10 heteroatoms. The monoisotopic (exact) mass is 564 g/mol. The highest BCUT2D eigenvalue weighted by molar-refractivity contribution is 6.05. The number of anilines is 2. The van der Waals surface area contributed by atoms with Gasteiger partial charge in [-0.05, 0) is 43.3 Å². The van der Waals surface area contributed by atoms with E-state index in [1.807, 2.05) is 54.6 Å². The van der Waals surface area contributed by atoms with Crippen LogP contribution < -0.4 is 21.3 Å². The number of nitrogen functional groups attached to an aromatic ring is 1. The maximum Gasteiger partial charge on any atom is 0.284 e. The Morgan fingerprint density at radius 2 is 1.74 bits per heavy atom. The molecule has 0 aliphatic heterocycles. The molecule has 214 valence electrons. The zero-order valence-corrected chi connectivity index (χ0v) is 23.7. The molecule has 2 aromatic heterocycles. The van der Waals surface area contributed by atoms with Crippen LogP contribution in [0.3, 0.4) is 0 Å². The molecule has 10 nitrogen and oxygen atoms in total. The minimum atomic E-state index is -0.485. The predicted octanol–water partition coefficient (Wildman–Crippen LogP) is 4.86. The lowest BCUT2D eigenvalue weighted by Gasteiger charge is -2.10. The maximum absolute atomic E-state index is 13.2. The zero-order chi connectivity index (χ0) is 29.6. The summed E-state index contributed by atoms with van der Waals surface area (Å²) in [4.78, 5) is 35.5. The van der Waals surface area contributed by atoms with Crippen molar-refractivity contribution in [1.82, 2.24) is 19.3 Å². The molecule has 3 N–H and O–H groups in total. The Morgan fingerprint density at radius 1 is 0.976 bits per heavy atom. The van der Waals surface area contributed by atoms with Gasteiger partial charge in [-0.3, -0.25) is 14.3 Å².